The number of esters is 1. The second-order valence-corrected chi connectivity index (χ2v) is 6.21. The van der Waals surface area contributed by atoms with Crippen LogP contribution in [0, 0.1) is 5.92 Å². The molecule has 1 aromatic carbocycles. The predicted molar refractivity (Wildman–Crippen MR) is 86.4 cm³/mol. The average molecular weight is 306 g/mol. The first-order chi connectivity index (χ1) is 10.3. The first kappa shape index (κ1) is 18.2. The van der Waals surface area contributed by atoms with E-state index in [4.69, 9.17) is 4.74 Å². The molecule has 0 spiro atoms. The summed E-state index contributed by atoms with van der Waals surface area (Å²) in [4.78, 5) is 24.6. The minimum atomic E-state index is -0.639. The van der Waals surface area contributed by atoms with Crippen molar-refractivity contribution in [1.29, 1.82) is 0 Å². The minimum Gasteiger partial charge on any atom is -0.460 e. The van der Waals surface area contributed by atoms with Crippen molar-refractivity contribution >= 4 is 11.9 Å². The molecule has 1 aromatic rings. The molecule has 5 nitrogen and oxygen atoms in total. The van der Waals surface area contributed by atoms with Crippen LogP contribution in [0.5, 0.6) is 0 Å². The Hall–Kier alpha value is -1.88. The summed E-state index contributed by atoms with van der Waals surface area (Å²) in [7, 11) is 3.23. The highest BCUT2D eigenvalue weighted by Gasteiger charge is 2.35. The zero-order valence-electron chi connectivity index (χ0n) is 14.0. The molecule has 5 heteroatoms. The number of carbonyl (C=O) groups excluding carboxylic acids is 2. The molecule has 1 amide bonds. The molecule has 0 bridgehead atoms. The van der Waals surface area contributed by atoms with E-state index in [1.165, 1.54) is 0 Å². The third-order valence-corrected chi connectivity index (χ3v) is 3.25. The van der Waals surface area contributed by atoms with Gasteiger partial charge in [0.05, 0.1) is 5.92 Å². The summed E-state index contributed by atoms with van der Waals surface area (Å²) >= 11 is 0. The highest BCUT2D eigenvalue weighted by molar-refractivity contribution is 5.88. The summed E-state index contributed by atoms with van der Waals surface area (Å²) < 4.78 is 5.49. The summed E-state index contributed by atoms with van der Waals surface area (Å²) in [6.07, 6.45) is 0.439. The summed E-state index contributed by atoms with van der Waals surface area (Å²) in [6.45, 7) is 5.45. The fourth-order valence-corrected chi connectivity index (χ4v) is 2.25. The van der Waals surface area contributed by atoms with Gasteiger partial charge in [0, 0.05) is 7.05 Å². The van der Waals surface area contributed by atoms with Gasteiger partial charge in [-0.05, 0) is 39.8 Å². The van der Waals surface area contributed by atoms with Gasteiger partial charge in [-0.15, -0.1) is 0 Å². The quantitative estimate of drug-likeness (QED) is 0.782. The fourth-order valence-electron chi connectivity index (χ4n) is 2.25. The normalized spacial score (nSPS) is 14.0. The zero-order valence-corrected chi connectivity index (χ0v) is 14.0. The van der Waals surface area contributed by atoms with Crippen LogP contribution in [0.15, 0.2) is 30.3 Å². The number of amides is 1. The van der Waals surface area contributed by atoms with E-state index in [-0.39, 0.29) is 11.9 Å². The number of nitrogens with one attached hydrogen (secondary N) is 2. The molecule has 22 heavy (non-hydrogen) atoms. The van der Waals surface area contributed by atoms with Gasteiger partial charge in [0.15, 0.2) is 0 Å². The van der Waals surface area contributed by atoms with Crippen molar-refractivity contribution in [2.75, 3.05) is 14.1 Å². The second kappa shape index (κ2) is 7.94. The summed E-state index contributed by atoms with van der Waals surface area (Å²) in [5.74, 6) is -1.19. The van der Waals surface area contributed by atoms with Crippen LogP contribution in [0.2, 0.25) is 0 Å². The van der Waals surface area contributed by atoms with Gasteiger partial charge in [-0.2, -0.15) is 0 Å². The smallest absolute Gasteiger partial charge is 0.311 e. The van der Waals surface area contributed by atoms with Crippen molar-refractivity contribution in [3.8, 4) is 0 Å². The van der Waals surface area contributed by atoms with Gasteiger partial charge in [0.2, 0.25) is 5.91 Å². The number of benzene rings is 1. The van der Waals surface area contributed by atoms with Crippen molar-refractivity contribution in [3.05, 3.63) is 35.9 Å². The van der Waals surface area contributed by atoms with Crippen LogP contribution in [0.1, 0.15) is 26.3 Å². The van der Waals surface area contributed by atoms with Gasteiger partial charge >= 0.3 is 5.97 Å². The third-order valence-electron chi connectivity index (χ3n) is 3.25. The van der Waals surface area contributed by atoms with Gasteiger partial charge < -0.3 is 15.4 Å². The van der Waals surface area contributed by atoms with E-state index < -0.39 is 17.6 Å². The third kappa shape index (κ3) is 5.48. The molecule has 2 atom stereocenters. The lowest BCUT2D eigenvalue weighted by Gasteiger charge is -2.28. The van der Waals surface area contributed by atoms with E-state index >= 15 is 0 Å². The monoisotopic (exact) mass is 306 g/mol. The van der Waals surface area contributed by atoms with Gasteiger partial charge in [-0.25, -0.2) is 0 Å². The van der Waals surface area contributed by atoms with Crippen LogP contribution in [0.3, 0.4) is 0 Å². The number of hydrogen-bond donors (Lipinski definition) is 2. The number of likely N-dealkylation sites (N-methyl/N-ethyl adjacent to an activating group) is 2. The topological polar surface area (TPSA) is 67.4 Å². The predicted octanol–water partition coefficient (Wildman–Crippen LogP) is 1.52. The maximum atomic E-state index is 12.5. The van der Waals surface area contributed by atoms with Crippen molar-refractivity contribution in [3.63, 3.8) is 0 Å². The van der Waals surface area contributed by atoms with Crippen LogP contribution < -0.4 is 10.6 Å². The molecule has 2 unspecified atom stereocenters. The molecule has 0 aliphatic heterocycles. The molecule has 0 fully saturated rings. The van der Waals surface area contributed by atoms with Crippen LogP contribution in [0.25, 0.3) is 0 Å². The summed E-state index contributed by atoms with van der Waals surface area (Å²) in [5, 5.41) is 5.52. The second-order valence-electron chi connectivity index (χ2n) is 6.21. The lowest BCUT2D eigenvalue weighted by atomic mass is 9.91. The van der Waals surface area contributed by atoms with Crippen LogP contribution in [0.4, 0.5) is 0 Å². The van der Waals surface area contributed by atoms with E-state index in [1.54, 1.807) is 14.1 Å². The van der Waals surface area contributed by atoms with Crippen LogP contribution >= 0.6 is 0 Å². The van der Waals surface area contributed by atoms with Crippen molar-refractivity contribution < 1.29 is 14.3 Å². The first-order valence-electron chi connectivity index (χ1n) is 7.44. The Balaban J connectivity index is 3.03. The van der Waals surface area contributed by atoms with Gasteiger partial charge in [0.1, 0.15) is 11.6 Å². The fraction of sp³-hybridized carbons (Fsp3) is 0.529. The number of rotatable bonds is 6. The Labute approximate surface area is 132 Å². The maximum absolute atomic E-state index is 12.5. The lowest BCUT2D eigenvalue weighted by molar-refractivity contribution is -0.162. The highest BCUT2D eigenvalue weighted by Crippen LogP contribution is 2.19. The van der Waals surface area contributed by atoms with E-state index in [1.807, 2.05) is 51.1 Å². The largest absolute Gasteiger partial charge is 0.460 e. The highest BCUT2D eigenvalue weighted by atomic mass is 16.6. The van der Waals surface area contributed by atoms with E-state index in [0.717, 1.165) is 5.56 Å². The summed E-state index contributed by atoms with van der Waals surface area (Å²) in [5.41, 5.74) is 0.398. The van der Waals surface area contributed by atoms with Crippen molar-refractivity contribution in [1.82, 2.24) is 10.6 Å². The van der Waals surface area contributed by atoms with Gasteiger partial charge in [-0.1, -0.05) is 30.3 Å². The van der Waals surface area contributed by atoms with E-state index in [0.29, 0.717) is 6.42 Å². The molecule has 0 aliphatic carbocycles. The Bertz CT molecular complexity index is 494. The molecular weight excluding hydrogens is 280 g/mol. The minimum absolute atomic E-state index is 0.228. The SMILES string of the molecule is CNC(=O)C(NC)C(Cc1ccccc1)C(=O)OC(C)(C)C. The maximum Gasteiger partial charge on any atom is 0.311 e. The number of hydrogen-bond acceptors (Lipinski definition) is 4. The number of ether oxygens (including phenoxy) is 1. The molecule has 122 valence electrons. The Morgan fingerprint density at radius 3 is 2.18 bits per heavy atom. The molecular formula is C17H26N2O3. The average Bonchev–Trinajstić information content (AvgIpc) is 2.46. The Kier molecular flexibility index (Phi) is 6.56. The van der Waals surface area contributed by atoms with Crippen molar-refractivity contribution in [2.24, 2.45) is 5.92 Å². The molecule has 0 aliphatic rings. The van der Waals surface area contributed by atoms with Gasteiger partial charge in [0.25, 0.3) is 0 Å². The molecule has 0 radical (unpaired) electrons. The molecule has 0 aromatic heterocycles. The standard InChI is InChI=1S/C17H26N2O3/c1-17(2,3)22-16(21)13(14(18-4)15(20)19-5)11-12-9-7-6-8-10-12/h6-10,13-14,18H,11H2,1-5H3,(H,19,20). The Morgan fingerprint density at radius 2 is 1.73 bits per heavy atom. The van der Waals surface area contributed by atoms with Gasteiger partial charge in [-0.3, -0.25) is 9.59 Å². The van der Waals surface area contributed by atoms with Crippen LogP contribution in [-0.2, 0) is 20.7 Å². The van der Waals surface area contributed by atoms with E-state index in [2.05, 4.69) is 10.6 Å². The molecule has 1 rings (SSSR count). The molecule has 2 N–H and O–H groups in total. The molecule has 0 saturated carbocycles. The van der Waals surface area contributed by atoms with Crippen molar-refractivity contribution in [2.45, 2.75) is 38.8 Å². The summed E-state index contributed by atoms with van der Waals surface area (Å²) in [6, 6.07) is 8.98. The lowest BCUT2D eigenvalue weighted by Crippen LogP contribution is -2.50. The van der Waals surface area contributed by atoms with Crippen LogP contribution in [-0.4, -0.2) is 37.6 Å². The molecule has 0 heterocycles. The Morgan fingerprint density at radius 1 is 1.14 bits per heavy atom. The first-order valence-corrected chi connectivity index (χ1v) is 7.44. The molecule has 0 saturated heterocycles. The zero-order chi connectivity index (χ0) is 16.8. The number of carbonyl (C=O) groups is 2. The van der Waals surface area contributed by atoms with E-state index in [9.17, 15) is 9.59 Å².